The van der Waals surface area contributed by atoms with Gasteiger partial charge in [-0.25, -0.2) is 8.42 Å². The number of rotatable bonds is 4. The number of hydrogen-bond acceptors (Lipinski definition) is 4. The first-order chi connectivity index (χ1) is 11.3. The number of aromatic nitrogens is 2. The maximum absolute atomic E-state index is 13.0. The molecule has 1 atom stereocenters. The molecular formula is C16H26N4O3S. The molecule has 0 saturated carbocycles. The van der Waals surface area contributed by atoms with E-state index in [4.69, 9.17) is 0 Å². The molecule has 0 bridgehead atoms. The number of carbonyl (C=O) groups is 1. The van der Waals surface area contributed by atoms with Crippen LogP contribution in [0.2, 0.25) is 0 Å². The summed E-state index contributed by atoms with van der Waals surface area (Å²) < 4.78 is 28.9. The molecule has 3 heterocycles. The van der Waals surface area contributed by atoms with Gasteiger partial charge in [0.1, 0.15) is 0 Å². The van der Waals surface area contributed by atoms with Crippen molar-refractivity contribution in [2.75, 3.05) is 19.6 Å². The van der Waals surface area contributed by atoms with Gasteiger partial charge in [0.2, 0.25) is 5.91 Å². The number of hydrogen-bond donors (Lipinski definition) is 0. The topological polar surface area (TPSA) is 75.5 Å². The molecule has 7 nitrogen and oxygen atoms in total. The Bertz CT molecular complexity index is 727. The van der Waals surface area contributed by atoms with Gasteiger partial charge in [0.25, 0.3) is 10.0 Å². The molecule has 0 aliphatic carbocycles. The van der Waals surface area contributed by atoms with Crippen LogP contribution in [0.3, 0.4) is 0 Å². The third-order valence-electron chi connectivity index (χ3n) is 5.29. The second-order valence-electron chi connectivity index (χ2n) is 7.05. The molecule has 3 rings (SSSR count). The van der Waals surface area contributed by atoms with E-state index < -0.39 is 15.4 Å². The van der Waals surface area contributed by atoms with E-state index in [1.807, 2.05) is 25.7 Å². The van der Waals surface area contributed by atoms with E-state index in [-0.39, 0.29) is 23.5 Å². The molecule has 2 fully saturated rings. The summed E-state index contributed by atoms with van der Waals surface area (Å²) in [5.74, 6) is 0.116. The van der Waals surface area contributed by atoms with Crippen molar-refractivity contribution in [2.24, 2.45) is 5.41 Å². The predicted octanol–water partition coefficient (Wildman–Crippen LogP) is 1.31. The lowest BCUT2D eigenvalue weighted by molar-refractivity contribution is -0.147. The lowest BCUT2D eigenvalue weighted by Gasteiger charge is -2.41. The minimum Gasteiger partial charge on any atom is -0.340 e. The molecule has 24 heavy (non-hydrogen) atoms. The van der Waals surface area contributed by atoms with Gasteiger partial charge in [0.05, 0.1) is 11.6 Å². The van der Waals surface area contributed by atoms with E-state index in [2.05, 4.69) is 5.10 Å². The third kappa shape index (κ3) is 2.65. The standard InChI is InChI=1S/C16H26N4O3S/c1-4-20-14(6-9-17-20)24(22,23)18-11-8-16(12-18)7-5-10-19(13(2)3)15(16)21/h6,9,13H,4-5,7-8,10-12H2,1-3H3/t16-/m1/s1. The maximum atomic E-state index is 13.0. The van der Waals surface area contributed by atoms with Crippen molar-refractivity contribution < 1.29 is 13.2 Å². The van der Waals surface area contributed by atoms with E-state index in [0.717, 1.165) is 19.4 Å². The van der Waals surface area contributed by atoms with Crippen LogP contribution in [0.5, 0.6) is 0 Å². The summed E-state index contributed by atoms with van der Waals surface area (Å²) in [4.78, 5) is 14.9. The van der Waals surface area contributed by atoms with Crippen molar-refractivity contribution in [3.8, 4) is 0 Å². The number of sulfonamides is 1. The van der Waals surface area contributed by atoms with Gasteiger partial charge in [-0.2, -0.15) is 9.40 Å². The zero-order valence-electron chi connectivity index (χ0n) is 14.6. The van der Waals surface area contributed by atoms with Crippen LogP contribution in [0.1, 0.15) is 40.0 Å². The molecule has 2 aliphatic rings. The van der Waals surface area contributed by atoms with Gasteiger partial charge < -0.3 is 4.90 Å². The highest BCUT2D eigenvalue weighted by molar-refractivity contribution is 7.89. The lowest BCUT2D eigenvalue weighted by atomic mass is 9.78. The first-order valence-electron chi connectivity index (χ1n) is 8.65. The number of amides is 1. The average Bonchev–Trinajstić information content (AvgIpc) is 3.18. The van der Waals surface area contributed by atoms with Crippen molar-refractivity contribution in [1.82, 2.24) is 19.0 Å². The maximum Gasteiger partial charge on any atom is 0.260 e. The van der Waals surface area contributed by atoms with E-state index in [0.29, 0.717) is 19.5 Å². The van der Waals surface area contributed by atoms with Crippen LogP contribution in [0.25, 0.3) is 0 Å². The van der Waals surface area contributed by atoms with Crippen LogP contribution >= 0.6 is 0 Å². The van der Waals surface area contributed by atoms with E-state index in [1.165, 1.54) is 21.3 Å². The zero-order valence-corrected chi connectivity index (χ0v) is 15.4. The quantitative estimate of drug-likeness (QED) is 0.817. The van der Waals surface area contributed by atoms with Gasteiger partial charge >= 0.3 is 0 Å². The number of piperidine rings is 1. The summed E-state index contributed by atoms with van der Waals surface area (Å²) in [6.07, 6.45) is 3.82. The van der Waals surface area contributed by atoms with Crippen molar-refractivity contribution in [1.29, 1.82) is 0 Å². The Morgan fingerprint density at radius 2 is 2.04 bits per heavy atom. The van der Waals surface area contributed by atoms with Gasteiger partial charge in [-0.15, -0.1) is 0 Å². The SMILES string of the molecule is CCn1nccc1S(=O)(=O)N1CC[C@]2(CCCN(C(C)C)C2=O)C1. The lowest BCUT2D eigenvalue weighted by Crippen LogP contribution is -2.52. The minimum absolute atomic E-state index is 0.116. The fourth-order valence-corrected chi connectivity index (χ4v) is 5.61. The Labute approximate surface area is 143 Å². The highest BCUT2D eigenvalue weighted by Crippen LogP contribution is 2.42. The summed E-state index contributed by atoms with van der Waals surface area (Å²) in [7, 11) is -3.61. The molecule has 1 spiro atoms. The van der Waals surface area contributed by atoms with Crippen LogP contribution in [0.15, 0.2) is 17.3 Å². The monoisotopic (exact) mass is 354 g/mol. The van der Waals surface area contributed by atoms with Gasteiger partial charge in [-0.1, -0.05) is 0 Å². The molecule has 0 unspecified atom stereocenters. The first kappa shape index (κ1) is 17.4. The van der Waals surface area contributed by atoms with Crippen LogP contribution in [-0.4, -0.2) is 59.0 Å². The van der Waals surface area contributed by atoms with E-state index >= 15 is 0 Å². The van der Waals surface area contributed by atoms with Crippen LogP contribution in [0.4, 0.5) is 0 Å². The Morgan fingerprint density at radius 3 is 2.71 bits per heavy atom. The van der Waals surface area contributed by atoms with Crippen LogP contribution < -0.4 is 0 Å². The highest BCUT2D eigenvalue weighted by atomic mass is 32.2. The second kappa shape index (κ2) is 6.15. The van der Waals surface area contributed by atoms with Crippen molar-refractivity contribution in [2.45, 2.75) is 57.6 Å². The second-order valence-corrected chi connectivity index (χ2v) is 8.93. The molecule has 0 N–H and O–H groups in total. The fourth-order valence-electron chi connectivity index (χ4n) is 3.92. The molecule has 0 radical (unpaired) electrons. The molecular weight excluding hydrogens is 328 g/mol. The van der Waals surface area contributed by atoms with Crippen molar-refractivity contribution in [3.63, 3.8) is 0 Å². The molecule has 2 saturated heterocycles. The van der Waals surface area contributed by atoms with Crippen LogP contribution in [0, 0.1) is 5.41 Å². The average molecular weight is 354 g/mol. The molecule has 1 amide bonds. The zero-order chi connectivity index (χ0) is 17.5. The number of nitrogens with zero attached hydrogens (tertiary/aromatic N) is 4. The molecule has 0 aromatic carbocycles. The fraction of sp³-hybridized carbons (Fsp3) is 0.750. The first-order valence-corrected chi connectivity index (χ1v) is 10.1. The minimum atomic E-state index is -3.61. The molecule has 2 aliphatic heterocycles. The smallest absolute Gasteiger partial charge is 0.260 e. The Balaban J connectivity index is 1.86. The molecule has 1 aromatic heterocycles. The molecule has 134 valence electrons. The summed E-state index contributed by atoms with van der Waals surface area (Å²) in [6, 6.07) is 1.69. The van der Waals surface area contributed by atoms with Gasteiger partial charge in [-0.3, -0.25) is 9.48 Å². The number of likely N-dealkylation sites (tertiary alicyclic amines) is 1. The van der Waals surface area contributed by atoms with Crippen LogP contribution in [-0.2, 0) is 21.4 Å². The summed E-state index contributed by atoms with van der Waals surface area (Å²) in [6.45, 7) is 7.85. The largest absolute Gasteiger partial charge is 0.340 e. The van der Waals surface area contributed by atoms with Gasteiger partial charge in [0.15, 0.2) is 5.03 Å². The Morgan fingerprint density at radius 1 is 1.29 bits per heavy atom. The predicted molar refractivity (Wildman–Crippen MR) is 89.8 cm³/mol. The summed E-state index contributed by atoms with van der Waals surface area (Å²) >= 11 is 0. The third-order valence-corrected chi connectivity index (χ3v) is 7.16. The number of carbonyl (C=O) groups excluding carboxylic acids is 1. The van der Waals surface area contributed by atoms with Gasteiger partial charge in [-0.05, 0) is 46.1 Å². The summed E-state index contributed by atoms with van der Waals surface area (Å²) in [5, 5.41) is 4.28. The highest BCUT2D eigenvalue weighted by Gasteiger charge is 2.51. The molecule has 8 heteroatoms. The Hall–Kier alpha value is -1.41. The van der Waals surface area contributed by atoms with E-state index in [9.17, 15) is 13.2 Å². The van der Waals surface area contributed by atoms with Gasteiger partial charge in [0, 0.05) is 32.2 Å². The van der Waals surface area contributed by atoms with E-state index in [1.54, 1.807) is 0 Å². The van der Waals surface area contributed by atoms with Crippen molar-refractivity contribution in [3.05, 3.63) is 12.3 Å². The normalized spacial score (nSPS) is 26.0. The molecule has 1 aromatic rings. The summed E-state index contributed by atoms with van der Waals surface area (Å²) in [5.41, 5.74) is -0.549. The van der Waals surface area contributed by atoms with Crippen molar-refractivity contribution >= 4 is 15.9 Å². The number of aryl methyl sites for hydroxylation is 1. The Kier molecular flexibility index (Phi) is 4.46.